The summed E-state index contributed by atoms with van der Waals surface area (Å²) in [6.07, 6.45) is 1.44. The first-order chi connectivity index (χ1) is 9.92. The molecule has 1 fully saturated rings. The number of anilines is 1. The monoisotopic (exact) mass is 312 g/mol. The van der Waals surface area contributed by atoms with Crippen LogP contribution in [0.3, 0.4) is 0 Å². The van der Waals surface area contributed by atoms with Gasteiger partial charge in [0.15, 0.2) is 11.5 Å². The number of amides is 1. The minimum absolute atomic E-state index is 0.0193. The van der Waals surface area contributed by atoms with Crippen LogP contribution in [0.1, 0.15) is 6.42 Å². The largest absolute Gasteiger partial charge is 0.454 e. The van der Waals surface area contributed by atoms with Crippen molar-refractivity contribution in [2.45, 2.75) is 6.42 Å². The highest BCUT2D eigenvalue weighted by Crippen LogP contribution is 2.37. The summed E-state index contributed by atoms with van der Waals surface area (Å²) >= 11 is 0. The highest BCUT2D eigenvalue weighted by molar-refractivity contribution is 7.88. The van der Waals surface area contributed by atoms with E-state index < -0.39 is 10.0 Å². The van der Waals surface area contributed by atoms with Crippen LogP contribution in [0.2, 0.25) is 0 Å². The fraction of sp³-hybridized carbons (Fsp3) is 0.462. The van der Waals surface area contributed by atoms with Crippen LogP contribution in [0.25, 0.3) is 0 Å². The van der Waals surface area contributed by atoms with Crippen LogP contribution in [0.4, 0.5) is 5.69 Å². The summed E-state index contributed by atoms with van der Waals surface area (Å²) in [6.45, 7) is 0.945. The second-order valence-corrected chi connectivity index (χ2v) is 7.07. The van der Waals surface area contributed by atoms with Crippen molar-refractivity contribution < 1.29 is 22.7 Å². The summed E-state index contributed by atoms with van der Waals surface area (Å²) in [7, 11) is -3.24. The molecule has 2 aliphatic heterocycles. The molecule has 1 aromatic rings. The zero-order valence-corrected chi connectivity index (χ0v) is 12.4. The first kappa shape index (κ1) is 14.2. The molecule has 3 rings (SSSR count). The number of hydrogen-bond donors (Lipinski definition) is 1. The Kier molecular flexibility index (Phi) is 3.50. The average Bonchev–Trinajstić information content (AvgIpc) is 3.00. The van der Waals surface area contributed by atoms with Crippen LogP contribution in [-0.2, 0) is 14.8 Å². The van der Waals surface area contributed by atoms with Gasteiger partial charge in [0.25, 0.3) is 0 Å². The summed E-state index contributed by atoms with van der Waals surface area (Å²) < 4.78 is 35.2. The highest BCUT2D eigenvalue weighted by Gasteiger charge is 2.31. The topological polar surface area (TPSA) is 84.9 Å². The first-order valence-corrected chi connectivity index (χ1v) is 8.46. The Balaban J connectivity index is 1.70. The van der Waals surface area contributed by atoms with Gasteiger partial charge in [0.05, 0.1) is 6.26 Å². The van der Waals surface area contributed by atoms with E-state index in [0.29, 0.717) is 24.5 Å². The molecule has 8 heteroatoms. The molecule has 1 aromatic carbocycles. The molecule has 1 saturated heterocycles. The van der Waals surface area contributed by atoms with E-state index in [9.17, 15) is 13.2 Å². The molecule has 1 atom stereocenters. The normalized spacial score (nSPS) is 21.1. The van der Waals surface area contributed by atoms with E-state index in [0.717, 1.165) is 11.9 Å². The van der Waals surface area contributed by atoms with Gasteiger partial charge in [-0.3, -0.25) is 4.79 Å². The van der Waals surface area contributed by atoms with Crippen molar-refractivity contribution in [3.63, 3.8) is 0 Å². The fourth-order valence-electron chi connectivity index (χ4n) is 2.49. The van der Waals surface area contributed by atoms with Gasteiger partial charge in [-0.05, 0) is 18.1 Å². The molecule has 0 aliphatic carbocycles. The van der Waals surface area contributed by atoms with Crippen LogP contribution >= 0.6 is 0 Å². The minimum atomic E-state index is -3.24. The quantitative estimate of drug-likeness (QED) is 0.865. The maximum absolute atomic E-state index is 12.1. The number of fused-ring (bicyclic) bond motifs is 1. The third-order valence-corrected chi connectivity index (χ3v) is 4.20. The molecule has 1 N–H and O–H groups in total. The summed E-state index contributed by atoms with van der Waals surface area (Å²) in [5, 5.41) is 0. The van der Waals surface area contributed by atoms with Crippen LogP contribution < -0.4 is 19.1 Å². The number of rotatable bonds is 4. The minimum Gasteiger partial charge on any atom is -0.454 e. The number of nitrogens with zero attached hydrogens (tertiary/aromatic N) is 1. The Labute approximate surface area is 122 Å². The zero-order valence-electron chi connectivity index (χ0n) is 11.5. The van der Waals surface area contributed by atoms with Crippen molar-refractivity contribution in [2.24, 2.45) is 5.92 Å². The summed E-state index contributed by atoms with van der Waals surface area (Å²) in [5.41, 5.74) is 0.742. The Bertz CT molecular complexity index is 673. The van der Waals surface area contributed by atoms with Crippen molar-refractivity contribution in [2.75, 3.05) is 31.0 Å². The molecule has 0 bridgehead atoms. The van der Waals surface area contributed by atoms with Gasteiger partial charge in [0.2, 0.25) is 22.7 Å². The SMILES string of the molecule is CS(=O)(=O)NC[C@@H]1CC(=O)N(c2ccc3c(c2)OCO3)C1. The maximum atomic E-state index is 12.1. The number of ether oxygens (including phenoxy) is 2. The molecule has 0 aromatic heterocycles. The molecule has 2 heterocycles. The van der Waals surface area contributed by atoms with Crippen molar-refractivity contribution >= 4 is 21.6 Å². The number of hydrogen-bond acceptors (Lipinski definition) is 5. The third-order valence-electron chi connectivity index (χ3n) is 3.51. The molecule has 21 heavy (non-hydrogen) atoms. The van der Waals surface area contributed by atoms with E-state index in [1.807, 2.05) is 0 Å². The predicted octanol–water partition coefficient (Wildman–Crippen LogP) is 0.317. The lowest BCUT2D eigenvalue weighted by Crippen LogP contribution is -2.30. The van der Waals surface area contributed by atoms with Gasteiger partial charge in [-0.15, -0.1) is 0 Å². The van der Waals surface area contributed by atoms with E-state index >= 15 is 0 Å². The van der Waals surface area contributed by atoms with Gasteiger partial charge in [-0.25, -0.2) is 13.1 Å². The smallest absolute Gasteiger partial charge is 0.231 e. The van der Waals surface area contributed by atoms with E-state index in [-0.39, 0.29) is 25.2 Å². The zero-order chi connectivity index (χ0) is 15.0. The Morgan fingerprint density at radius 3 is 2.86 bits per heavy atom. The molecule has 0 unspecified atom stereocenters. The Morgan fingerprint density at radius 1 is 1.33 bits per heavy atom. The van der Waals surface area contributed by atoms with Crippen LogP contribution in [0.5, 0.6) is 11.5 Å². The van der Waals surface area contributed by atoms with Gasteiger partial charge >= 0.3 is 0 Å². The number of sulfonamides is 1. The second kappa shape index (κ2) is 5.19. The van der Waals surface area contributed by atoms with Gasteiger partial charge in [-0.1, -0.05) is 0 Å². The number of carbonyl (C=O) groups is 1. The number of nitrogens with one attached hydrogen (secondary N) is 1. The van der Waals surface area contributed by atoms with E-state index in [4.69, 9.17) is 9.47 Å². The Hall–Kier alpha value is -1.80. The second-order valence-electron chi connectivity index (χ2n) is 5.23. The molecule has 114 valence electrons. The lowest BCUT2D eigenvalue weighted by atomic mass is 10.1. The molecule has 1 amide bonds. The standard InChI is InChI=1S/C13H16N2O5S/c1-21(17,18)14-6-9-4-13(16)15(7-9)10-2-3-11-12(5-10)20-8-19-11/h2-3,5,9,14H,4,6-8H2,1H3/t9-/m0/s1. The summed E-state index contributed by atoms with van der Waals surface area (Å²) in [5.74, 6) is 1.24. The summed E-state index contributed by atoms with van der Waals surface area (Å²) in [6, 6.07) is 5.34. The highest BCUT2D eigenvalue weighted by atomic mass is 32.2. The van der Waals surface area contributed by atoms with Gasteiger partial charge in [0, 0.05) is 31.3 Å². The van der Waals surface area contributed by atoms with Crippen molar-refractivity contribution in [1.82, 2.24) is 4.72 Å². The van der Waals surface area contributed by atoms with Crippen molar-refractivity contribution in [3.8, 4) is 11.5 Å². The molecule has 0 radical (unpaired) electrons. The van der Waals surface area contributed by atoms with E-state index in [1.54, 1.807) is 23.1 Å². The average molecular weight is 312 g/mol. The fourth-order valence-corrected chi connectivity index (χ4v) is 3.03. The van der Waals surface area contributed by atoms with Gasteiger partial charge < -0.3 is 14.4 Å². The Morgan fingerprint density at radius 2 is 2.10 bits per heavy atom. The van der Waals surface area contributed by atoms with E-state index in [2.05, 4.69) is 4.72 Å². The maximum Gasteiger partial charge on any atom is 0.231 e. The lowest BCUT2D eigenvalue weighted by molar-refractivity contribution is -0.117. The van der Waals surface area contributed by atoms with Crippen LogP contribution in [0, 0.1) is 5.92 Å². The van der Waals surface area contributed by atoms with Crippen LogP contribution in [-0.4, -0.2) is 40.5 Å². The lowest BCUT2D eigenvalue weighted by Gasteiger charge is -2.17. The molecule has 7 nitrogen and oxygen atoms in total. The molecular formula is C13H16N2O5S. The first-order valence-electron chi connectivity index (χ1n) is 6.57. The van der Waals surface area contributed by atoms with Crippen molar-refractivity contribution in [1.29, 1.82) is 0 Å². The number of carbonyl (C=O) groups excluding carboxylic acids is 1. The molecule has 2 aliphatic rings. The number of benzene rings is 1. The molecule has 0 spiro atoms. The third kappa shape index (κ3) is 3.11. The van der Waals surface area contributed by atoms with Gasteiger partial charge in [0.1, 0.15) is 0 Å². The molecule has 0 saturated carbocycles. The van der Waals surface area contributed by atoms with Crippen molar-refractivity contribution in [3.05, 3.63) is 18.2 Å². The summed E-state index contributed by atoms with van der Waals surface area (Å²) in [4.78, 5) is 13.7. The van der Waals surface area contributed by atoms with E-state index in [1.165, 1.54) is 0 Å². The predicted molar refractivity (Wildman–Crippen MR) is 75.9 cm³/mol. The van der Waals surface area contributed by atoms with Crippen LogP contribution in [0.15, 0.2) is 18.2 Å². The molecular weight excluding hydrogens is 296 g/mol. The van der Waals surface area contributed by atoms with Gasteiger partial charge in [-0.2, -0.15) is 0 Å².